The fraction of sp³-hybridized carbons (Fsp3) is 0.100. The predicted molar refractivity (Wildman–Crippen MR) is 58.6 cm³/mol. The number of nitrogens with zero attached hydrogens (tertiary/aromatic N) is 3. The molecule has 82 valence electrons. The van der Waals surface area contributed by atoms with Gasteiger partial charge in [0.2, 0.25) is 0 Å². The van der Waals surface area contributed by atoms with Gasteiger partial charge in [-0.15, -0.1) is 5.10 Å². The molecule has 0 unspecified atom stereocenters. The number of rotatable bonds is 2. The van der Waals surface area contributed by atoms with Crippen LogP contribution in [0.1, 0.15) is 6.42 Å². The molecule has 0 atom stereocenters. The summed E-state index contributed by atoms with van der Waals surface area (Å²) >= 11 is 5.88. The van der Waals surface area contributed by atoms with Gasteiger partial charge in [-0.05, 0) is 11.6 Å². The minimum atomic E-state index is -1.08. The van der Waals surface area contributed by atoms with Crippen LogP contribution in [0.25, 0.3) is 5.70 Å². The highest BCUT2D eigenvalue weighted by atomic mass is 35.5. The summed E-state index contributed by atoms with van der Waals surface area (Å²) in [6, 6.07) is 0. The van der Waals surface area contributed by atoms with Gasteiger partial charge in [0.15, 0.2) is 0 Å². The van der Waals surface area contributed by atoms with Crippen LogP contribution >= 0.6 is 11.6 Å². The number of halogens is 1. The number of hydrogen-bond acceptors (Lipinski definition) is 3. The summed E-state index contributed by atoms with van der Waals surface area (Å²) in [5, 5.41) is 16.6. The summed E-state index contributed by atoms with van der Waals surface area (Å²) < 4.78 is 1.39. The third kappa shape index (κ3) is 1.77. The molecule has 1 aliphatic carbocycles. The third-order valence-corrected chi connectivity index (χ3v) is 2.46. The molecular formula is C10H8ClN3O2. The molecule has 5 nitrogen and oxygen atoms in total. The van der Waals surface area contributed by atoms with Gasteiger partial charge in [0.05, 0.1) is 28.7 Å². The first-order valence-electron chi connectivity index (χ1n) is 4.48. The van der Waals surface area contributed by atoms with Crippen LogP contribution in [0.2, 0.25) is 0 Å². The molecule has 2 rings (SSSR count). The smallest absolute Gasteiger partial charge is 0.339 e. The maximum absolute atomic E-state index is 11.1. The first-order chi connectivity index (χ1) is 7.59. The minimum Gasteiger partial charge on any atom is -0.478 e. The Morgan fingerprint density at radius 1 is 1.62 bits per heavy atom. The molecule has 1 aliphatic rings. The Labute approximate surface area is 96.3 Å². The maximum atomic E-state index is 11.1. The largest absolute Gasteiger partial charge is 0.478 e. The van der Waals surface area contributed by atoms with Crippen LogP contribution in [0.4, 0.5) is 0 Å². The fourth-order valence-electron chi connectivity index (χ4n) is 1.52. The molecule has 0 spiro atoms. The van der Waals surface area contributed by atoms with Crippen LogP contribution in [-0.4, -0.2) is 26.1 Å². The first-order valence-corrected chi connectivity index (χ1v) is 4.86. The van der Waals surface area contributed by atoms with E-state index in [1.807, 2.05) is 0 Å². The molecule has 0 aliphatic heterocycles. The van der Waals surface area contributed by atoms with Crippen molar-refractivity contribution in [1.29, 1.82) is 0 Å². The SMILES string of the molecule is C=C1C=C(Cl)C(C(=O)O)=C(n2ccnn2)C1. The normalized spacial score (nSPS) is 16.3. The highest BCUT2D eigenvalue weighted by Gasteiger charge is 2.24. The lowest BCUT2D eigenvalue weighted by molar-refractivity contribution is -0.132. The fourth-order valence-corrected chi connectivity index (χ4v) is 1.86. The van der Waals surface area contributed by atoms with Crippen molar-refractivity contribution in [2.45, 2.75) is 6.42 Å². The van der Waals surface area contributed by atoms with Crippen LogP contribution in [0.3, 0.4) is 0 Å². The highest BCUT2D eigenvalue weighted by Crippen LogP contribution is 2.32. The lowest BCUT2D eigenvalue weighted by Crippen LogP contribution is -2.13. The van der Waals surface area contributed by atoms with E-state index >= 15 is 0 Å². The lowest BCUT2D eigenvalue weighted by atomic mass is 9.99. The second kappa shape index (κ2) is 3.94. The zero-order chi connectivity index (χ0) is 11.7. The monoisotopic (exact) mass is 237 g/mol. The Bertz CT molecular complexity index is 514. The summed E-state index contributed by atoms with van der Waals surface area (Å²) in [4.78, 5) is 11.1. The van der Waals surface area contributed by atoms with Crippen molar-refractivity contribution in [2.24, 2.45) is 0 Å². The van der Waals surface area contributed by atoms with Crippen molar-refractivity contribution in [3.8, 4) is 0 Å². The van der Waals surface area contributed by atoms with Crippen molar-refractivity contribution in [2.75, 3.05) is 0 Å². The van der Waals surface area contributed by atoms with Gasteiger partial charge in [0.1, 0.15) is 0 Å². The third-order valence-electron chi connectivity index (χ3n) is 2.17. The maximum Gasteiger partial charge on any atom is 0.339 e. The number of aliphatic carboxylic acids is 1. The summed E-state index contributed by atoms with van der Waals surface area (Å²) in [6.45, 7) is 3.77. The van der Waals surface area contributed by atoms with Gasteiger partial charge in [0, 0.05) is 6.42 Å². The second-order valence-electron chi connectivity index (χ2n) is 3.30. The van der Waals surface area contributed by atoms with E-state index in [9.17, 15) is 4.79 Å². The number of aromatic nitrogens is 3. The zero-order valence-corrected chi connectivity index (χ0v) is 8.98. The Morgan fingerprint density at radius 3 is 2.94 bits per heavy atom. The van der Waals surface area contributed by atoms with Gasteiger partial charge in [-0.1, -0.05) is 23.4 Å². The van der Waals surface area contributed by atoms with E-state index in [-0.39, 0.29) is 10.6 Å². The predicted octanol–water partition coefficient (Wildman–Crippen LogP) is 1.66. The highest BCUT2D eigenvalue weighted by molar-refractivity contribution is 6.36. The molecule has 0 saturated heterocycles. The van der Waals surface area contributed by atoms with Crippen molar-refractivity contribution in [3.05, 3.63) is 41.2 Å². The van der Waals surface area contributed by atoms with Gasteiger partial charge in [-0.25, -0.2) is 9.48 Å². The van der Waals surface area contributed by atoms with E-state index < -0.39 is 5.97 Å². The Kier molecular flexibility index (Phi) is 2.62. The average molecular weight is 238 g/mol. The topological polar surface area (TPSA) is 68.0 Å². The van der Waals surface area contributed by atoms with Crippen LogP contribution in [0.5, 0.6) is 0 Å². The first kappa shape index (κ1) is 10.6. The molecule has 16 heavy (non-hydrogen) atoms. The van der Waals surface area contributed by atoms with E-state index in [0.29, 0.717) is 12.1 Å². The number of carbonyl (C=O) groups is 1. The van der Waals surface area contributed by atoms with Gasteiger partial charge < -0.3 is 5.11 Å². The van der Waals surface area contributed by atoms with E-state index in [2.05, 4.69) is 16.9 Å². The molecule has 0 aromatic carbocycles. The second-order valence-corrected chi connectivity index (χ2v) is 3.71. The van der Waals surface area contributed by atoms with Gasteiger partial charge in [-0.3, -0.25) is 0 Å². The molecule has 1 N–H and O–H groups in total. The number of carboxylic acid groups (broad SMARTS) is 1. The Balaban J connectivity index is 2.60. The zero-order valence-electron chi connectivity index (χ0n) is 8.22. The van der Waals surface area contributed by atoms with E-state index in [4.69, 9.17) is 16.7 Å². The number of hydrogen-bond donors (Lipinski definition) is 1. The van der Waals surface area contributed by atoms with Crippen molar-refractivity contribution in [3.63, 3.8) is 0 Å². The standard InChI is InChI=1S/C10H8ClN3O2/c1-6-4-7(11)9(10(15)16)8(5-6)14-3-2-12-13-14/h2-4H,1,5H2,(H,15,16). The molecule has 0 fully saturated rings. The van der Waals surface area contributed by atoms with E-state index in [0.717, 1.165) is 5.57 Å². The van der Waals surface area contributed by atoms with Gasteiger partial charge >= 0.3 is 5.97 Å². The Hall–Kier alpha value is -1.88. The van der Waals surface area contributed by atoms with Gasteiger partial charge in [-0.2, -0.15) is 0 Å². The number of allylic oxidation sites excluding steroid dienone is 3. The summed E-state index contributed by atoms with van der Waals surface area (Å²) in [7, 11) is 0. The summed E-state index contributed by atoms with van der Waals surface area (Å²) in [6.07, 6.45) is 4.98. The van der Waals surface area contributed by atoms with Crippen LogP contribution in [0.15, 0.2) is 41.2 Å². The van der Waals surface area contributed by atoms with Crippen molar-refractivity contribution in [1.82, 2.24) is 15.0 Å². The molecule has 0 saturated carbocycles. The molecule has 0 amide bonds. The Morgan fingerprint density at radius 2 is 2.38 bits per heavy atom. The quantitative estimate of drug-likeness (QED) is 0.849. The molecule has 0 radical (unpaired) electrons. The summed E-state index contributed by atoms with van der Waals surface area (Å²) in [5.74, 6) is -1.08. The average Bonchev–Trinajstić information content (AvgIpc) is 2.67. The van der Waals surface area contributed by atoms with Crippen LogP contribution in [-0.2, 0) is 4.79 Å². The van der Waals surface area contributed by atoms with Crippen LogP contribution in [0, 0.1) is 0 Å². The molecule has 6 heteroatoms. The lowest BCUT2D eigenvalue weighted by Gasteiger charge is -2.16. The summed E-state index contributed by atoms with van der Waals surface area (Å²) in [5.41, 5.74) is 1.25. The molecule has 1 aromatic rings. The molecule has 1 aromatic heterocycles. The number of carboxylic acids is 1. The van der Waals surface area contributed by atoms with Crippen molar-refractivity contribution < 1.29 is 9.90 Å². The van der Waals surface area contributed by atoms with Crippen LogP contribution < -0.4 is 0 Å². The molecular weight excluding hydrogens is 230 g/mol. The molecule has 1 heterocycles. The minimum absolute atomic E-state index is 0.0413. The van der Waals surface area contributed by atoms with Crippen molar-refractivity contribution >= 4 is 23.3 Å². The van der Waals surface area contributed by atoms with Gasteiger partial charge in [0.25, 0.3) is 0 Å². The van der Waals surface area contributed by atoms with E-state index in [1.165, 1.54) is 10.9 Å². The van der Waals surface area contributed by atoms with E-state index in [1.54, 1.807) is 12.3 Å². The molecule has 0 bridgehead atoms.